The van der Waals surface area contributed by atoms with E-state index >= 15 is 0 Å². The number of hydrogen-bond donors (Lipinski definition) is 3. The Morgan fingerprint density at radius 3 is 2.47 bits per heavy atom. The average molecular weight is 480 g/mol. The second-order valence-electron chi connectivity index (χ2n) is 7.32. The van der Waals surface area contributed by atoms with Crippen LogP contribution in [0.4, 0.5) is 0 Å². The minimum Gasteiger partial charge on any atom is -0.497 e. The van der Waals surface area contributed by atoms with Crippen LogP contribution in [0.5, 0.6) is 5.75 Å². The number of hydrogen-bond acceptors (Lipinski definition) is 8. The van der Waals surface area contributed by atoms with Crippen LogP contribution in [0.2, 0.25) is 0 Å². The van der Waals surface area contributed by atoms with Crippen molar-refractivity contribution in [2.24, 2.45) is 0 Å². The van der Waals surface area contributed by atoms with Gasteiger partial charge < -0.3 is 24.9 Å². The number of rotatable bonds is 8. The molecule has 0 aliphatic carbocycles. The number of ether oxygens (including phenoxy) is 2. The molecule has 0 spiro atoms. The number of H-pyrrole nitrogens is 1. The van der Waals surface area contributed by atoms with Gasteiger partial charge in [-0.15, -0.1) is 11.3 Å². The summed E-state index contributed by atoms with van der Waals surface area (Å²) >= 11 is 1.19. The van der Waals surface area contributed by atoms with Gasteiger partial charge in [0.1, 0.15) is 17.2 Å². The third kappa shape index (κ3) is 5.13. The van der Waals surface area contributed by atoms with Crippen LogP contribution in [0.15, 0.2) is 58.7 Å². The van der Waals surface area contributed by atoms with E-state index in [0.29, 0.717) is 27.3 Å². The van der Waals surface area contributed by atoms with E-state index < -0.39 is 17.4 Å². The number of aliphatic hydroxyl groups is 1. The second-order valence-corrected chi connectivity index (χ2v) is 8.18. The van der Waals surface area contributed by atoms with Crippen LogP contribution >= 0.6 is 11.3 Å². The van der Waals surface area contributed by atoms with Crippen molar-refractivity contribution < 1.29 is 24.2 Å². The van der Waals surface area contributed by atoms with E-state index in [0.717, 1.165) is 5.56 Å². The average Bonchev–Trinajstić information content (AvgIpc) is 3.29. The molecule has 174 valence electrons. The molecule has 2 aromatic heterocycles. The fraction of sp³-hybridized carbons (Fsp3) is 0.167. The zero-order valence-electron chi connectivity index (χ0n) is 18.2. The summed E-state index contributed by atoms with van der Waals surface area (Å²) in [5, 5.41) is 13.8. The number of nitrogens with zero attached hydrogens (tertiary/aromatic N) is 1. The van der Waals surface area contributed by atoms with E-state index in [1.165, 1.54) is 11.3 Å². The number of thiophene rings is 1. The van der Waals surface area contributed by atoms with Crippen molar-refractivity contribution in [2.45, 2.75) is 19.8 Å². The maximum Gasteiger partial charge on any atom is 0.338 e. The van der Waals surface area contributed by atoms with Crippen LogP contribution in [0.1, 0.15) is 37.7 Å². The molecule has 4 rings (SSSR count). The van der Waals surface area contributed by atoms with Gasteiger partial charge >= 0.3 is 5.97 Å². The molecule has 9 nitrogen and oxygen atoms in total. The standard InChI is InChI=1S/C24H21N3O6S/c1-32-18-8-4-14(5-9-18)10-25-22(30)20-26-21(29)19-17(13-34-23(19)27-20)12-33-24(31)16-6-2-15(11-28)3-7-16/h2-9,13,28H,10-12H2,1H3,(H,25,30)(H,26,27,29). The quantitative estimate of drug-likeness (QED) is 0.331. The van der Waals surface area contributed by atoms with Crippen LogP contribution in [-0.2, 0) is 24.5 Å². The summed E-state index contributed by atoms with van der Waals surface area (Å²) in [5.41, 5.74) is 1.89. The van der Waals surface area contributed by atoms with Gasteiger partial charge in [-0.1, -0.05) is 24.3 Å². The Morgan fingerprint density at radius 2 is 1.79 bits per heavy atom. The molecule has 0 aliphatic heterocycles. The molecule has 0 aliphatic rings. The molecule has 10 heteroatoms. The Hall–Kier alpha value is -4.02. The van der Waals surface area contributed by atoms with E-state index in [1.807, 2.05) is 12.1 Å². The van der Waals surface area contributed by atoms with Gasteiger partial charge in [0.2, 0.25) is 5.82 Å². The van der Waals surface area contributed by atoms with Crippen LogP contribution in [-0.4, -0.2) is 34.1 Å². The fourth-order valence-corrected chi connectivity index (χ4v) is 4.13. The molecule has 0 atom stereocenters. The summed E-state index contributed by atoms with van der Waals surface area (Å²) in [6.45, 7) is 0.0251. The molecule has 2 heterocycles. The van der Waals surface area contributed by atoms with Gasteiger partial charge in [0, 0.05) is 17.5 Å². The van der Waals surface area contributed by atoms with Gasteiger partial charge in [-0.25, -0.2) is 9.78 Å². The minimum absolute atomic E-state index is 0.0969. The summed E-state index contributed by atoms with van der Waals surface area (Å²) in [4.78, 5) is 44.6. The lowest BCUT2D eigenvalue weighted by molar-refractivity contribution is 0.0474. The van der Waals surface area contributed by atoms with Crippen LogP contribution < -0.4 is 15.6 Å². The first-order chi connectivity index (χ1) is 16.5. The summed E-state index contributed by atoms with van der Waals surface area (Å²) in [6.07, 6.45) is 0. The number of benzene rings is 2. The number of aromatic amines is 1. The molecule has 0 saturated heterocycles. The van der Waals surface area contributed by atoms with Crippen LogP contribution in [0.25, 0.3) is 10.2 Å². The molecule has 34 heavy (non-hydrogen) atoms. The molecule has 3 N–H and O–H groups in total. The summed E-state index contributed by atoms with van der Waals surface area (Å²) in [6, 6.07) is 13.6. The van der Waals surface area contributed by atoms with Crippen molar-refractivity contribution in [1.29, 1.82) is 0 Å². The maximum absolute atomic E-state index is 12.7. The molecule has 0 radical (unpaired) electrons. The Kier molecular flexibility index (Phi) is 7.00. The number of carbonyl (C=O) groups is 2. The Bertz CT molecular complexity index is 1380. The zero-order valence-corrected chi connectivity index (χ0v) is 19.0. The molecule has 4 aromatic rings. The molecule has 0 bridgehead atoms. The lowest BCUT2D eigenvalue weighted by Crippen LogP contribution is -2.27. The molecule has 0 fully saturated rings. The zero-order chi connectivity index (χ0) is 24.1. The number of methoxy groups -OCH3 is 1. The Morgan fingerprint density at radius 1 is 1.09 bits per heavy atom. The number of fused-ring (bicyclic) bond motifs is 1. The number of aliphatic hydroxyl groups excluding tert-OH is 1. The van der Waals surface area contributed by atoms with E-state index in [4.69, 9.17) is 14.6 Å². The van der Waals surface area contributed by atoms with Gasteiger partial charge in [0.15, 0.2) is 0 Å². The number of esters is 1. The summed E-state index contributed by atoms with van der Waals surface area (Å²) < 4.78 is 10.4. The fourth-order valence-electron chi connectivity index (χ4n) is 3.20. The lowest BCUT2D eigenvalue weighted by Gasteiger charge is -2.07. The lowest BCUT2D eigenvalue weighted by atomic mass is 10.1. The minimum atomic E-state index is -0.553. The number of nitrogens with one attached hydrogen (secondary N) is 2. The molecular formula is C24H21N3O6S. The van der Waals surface area contributed by atoms with Crippen molar-refractivity contribution in [2.75, 3.05) is 7.11 Å². The molecule has 1 amide bonds. The van der Waals surface area contributed by atoms with Crippen molar-refractivity contribution in [3.8, 4) is 5.75 Å². The van der Waals surface area contributed by atoms with Gasteiger partial charge in [-0.05, 0) is 35.4 Å². The smallest absolute Gasteiger partial charge is 0.338 e. The number of aromatic nitrogens is 2. The van der Waals surface area contributed by atoms with E-state index in [2.05, 4.69) is 15.3 Å². The second kappa shape index (κ2) is 10.3. The third-order valence-corrected chi connectivity index (χ3v) is 6.00. The van der Waals surface area contributed by atoms with Crippen LogP contribution in [0.3, 0.4) is 0 Å². The highest BCUT2D eigenvalue weighted by Gasteiger charge is 2.17. The van der Waals surface area contributed by atoms with Gasteiger partial charge in [-0.2, -0.15) is 0 Å². The van der Waals surface area contributed by atoms with Crippen LogP contribution in [0, 0.1) is 0 Å². The Labute approximate surface area is 198 Å². The highest BCUT2D eigenvalue weighted by molar-refractivity contribution is 7.16. The van der Waals surface area contributed by atoms with Gasteiger partial charge in [0.05, 0.1) is 24.7 Å². The van der Waals surface area contributed by atoms with E-state index in [1.54, 1.807) is 48.9 Å². The highest BCUT2D eigenvalue weighted by Crippen LogP contribution is 2.22. The normalized spacial score (nSPS) is 10.8. The van der Waals surface area contributed by atoms with Crippen molar-refractivity contribution in [3.63, 3.8) is 0 Å². The van der Waals surface area contributed by atoms with Crippen molar-refractivity contribution >= 4 is 33.4 Å². The molecule has 0 saturated carbocycles. The summed E-state index contributed by atoms with van der Waals surface area (Å²) in [5.74, 6) is -0.448. The maximum atomic E-state index is 12.7. The molecular weight excluding hydrogens is 458 g/mol. The monoisotopic (exact) mass is 479 g/mol. The van der Waals surface area contributed by atoms with Gasteiger partial charge in [0.25, 0.3) is 11.5 Å². The predicted molar refractivity (Wildman–Crippen MR) is 126 cm³/mol. The van der Waals surface area contributed by atoms with Crippen molar-refractivity contribution in [3.05, 3.63) is 92.3 Å². The Balaban J connectivity index is 1.43. The van der Waals surface area contributed by atoms with E-state index in [-0.39, 0.29) is 31.0 Å². The predicted octanol–water partition coefficient (Wildman–Crippen LogP) is 2.77. The first-order valence-corrected chi connectivity index (χ1v) is 11.1. The number of carbonyl (C=O) groups excluding carboxylic acids is 2. The topological polar surface area (TPSA) is 131 Å². The SMILES string of the molecule is COc1ccc(CNC(=O)c2nc3scc(COC(=O)c4ccc(CO)cc4)c3c(=O)[nH]2)cc1. The number of amides is 1. The first kappa shape index (κ1) is 23.1. The first-order valence-electron chi connectivity index (χ1n) is 10.3. The molecule has 2 aromatic carbocycles. The highest BCUT2D eigenvalue weighted by atomic mass is 32.1. The van der Waals surface area contributed by atoms with Gasteiger partial charge in [-0.3, -0.25) is 9.59 Å². The van der Waals surface area contributed by atoms with E-state index in [9.17, 15) is 14.4 Å². The van der Waals surface area contributed by atoms with Crippen molar-refractivity contribution in [1.82, 2.24) is 15.3 Å². The third-order valence-electron chi connectivity index (χ3n) is 5.08. The molecule has 0 unspecified atom stereocenters. The summed E-state index contributed by atoms with van der Waals surface area (Å²) in [7, 11) is 1.58. The largest absolute Gasteiger partial charge is 0.497 e.